The van der Waals surface area contributed by atoms with Crippen molar-refractivity contribution >= 4 is 5.84 Å². The lowest BCUT2D eigenvalue weighted by atomic mass is 10.2. The number of oxime groups is 1. The molecule has 1 aliphatic heterocycles. The molecule has 2 heterocycles. The summed E-state index contributed by atoms with van der Waals surface area (Å²) in [5.74, 6) is 0.151. The number of likely N-dealkylation sites (tertiary alicyclic amines) is 1. The highest BCUT2D eigenvalue weighted by molar-refractivity contribution is 5.81. The van der Waals surface area contributed by atoms with E-state index in [1.165, 1.54) is 0 Å². The van der Waals surface area contributed by atoms with Crippen LogP contribution in [0.2, 0.25) is 0 Å². The van der Waals surface area contributed by atoms with Gasteiger partial charge in [-0.25, -0.2) is 4.98 Å². The summed E-state index contributed by atoms with van der Waals surface area (Å²) >= 11 is 0. The average Bonchev–Trinajstić information content (AvgIpc) is 2.87. The molecule has 88 valence electrons. The fourth-order valence-corrected chi connectivity index (χ4v) is 2.00. The molecule has 0 amide bonds. The number of aliphatic hydroxyl groups excluding tert-OH is 1. The zero-order chi connectivity index (χ0) is 11.5. The Labute approximate surface area is 92.8 Å². The van der Waals surface area contributed by atoms with E-state index in [1.807, 2.05) is 15.7 Å². The molecule has 7 nitrogen and oxygen atoms in total. The minimum absolute atomic E-state index is 0.0195. The predicted molar refractivity (Wildman–Crippen MR) is 57.1 cm³/mol. The number of nitrogens with zero attached hydrogens (tertiary/aromatic N) is 4. The van der Waals surface area contributed by atoms with Gasteiger partial charge in [0.1, 0.15) is 0 Å². The van der Waals surface area contributed by atoms with E-state index in [2.05, 4.69) is 10.1 Å². The van der Waals surface area contributed by atoms with E-state index in [1.54, 1.807) is 12.5 Å². The number of imidazole rings is 1. The third-order valence-electron chi connectivity index (χ3n) is 2.76. The predicted octanol–water partition coefficient (Wildman–Crippen LogP) is -1.15. The molecular formula is C9H15N5O2. The van der Waals surface area contributed by atoms with Crippen molar-refractivity contribution in [3.05, 3.63) is 18.7 Å². The minimum Gasteiger partial charge on any atom is -0.409 e. The normalized spacial score (nSPS) is 27.4. The van der Waals surface area contributed by atoms with Gasteiger partial charge in [0, 0.05) is 25.5 Å². The van der Waals surface area contributed by atoms with E-state index in [9.17, 15) is 5.11 Å². The van der Waals surface area contributed by atoms with Crippen molar-refractivity contribution in [2.24, 2.45) is 10.9 Å². The van der Waals surface area contributed by atoms with Gasteiger partial charge in [0.25, 0.3) is 0 Å². The van der Waals surface area contributed by atoms with Gasteiger partial charge in [-0.05, 0) is 0 Å². The van der Waals surface area contributed by atoms with Gasteiger partial charge in [0.05, 0.1) is 25.0 Å². The second-order valence-corrected chi connectivity index (χ2v) is 3.93. The van der Waals surface area contributed by atoms with Crippen molar-refractivity contribution in [2.75, 3.05) is 19.6 Å². The maximum absolute atomic E-state index is 9.88. The van der Waals surface area contributed by atoms with Crippen molar-refractivity contribution in [1.29, 1.82) is 0 Å². The summed E-state index contributed by atoms with van der Waals surface area (Å²) < 4.78 is 1.87. The summed E-state index contributed by atoms with van der Waals surface area (Å²) in [6.45, 7) is 1.53. The highest BCUT2D eigenvalue weighted by Gasteiger charge is 2.32. The topological polar surface area (TPSA) is 99.9 Å². The number of nitrogens with two attached hydrogens (primary N) is 1. The van der Waals surface area contributed by atoms with Crippen molar-refractivity contribution < 1.29 is 10.3 Å². The van der Waals surface area contributed by atoms with Crippen LogP contribution in [0.15, 0.2) is 23.9 Å². The molecule has 4 N–H and O–H groups in total. The van der Waals surface area contributed by atoms with Crippen LogP contribution >= 0.6 is 0 Å². The van der Waals surface area contributed by atoms with Crippen LogP contribution in [0.3, 0.4) is 0 Å². The third-order valence-corrected chi connectivity index (χ3v) is 2.76. The first-order chi connectivity index (χ1) is 7.70. The van der Waals surface area contributed by atoms with Crippen LogP contribution in [0.25, 0.3) is 0 Å². The van der Waals surface area contributed by atoms with Crippen LogP contribution in [-0.4, -0.2) is 56.3 Å². The average molecular weight is 225 g/mol. The molecule has 0 saturated carbocycles. The minimum atomic E-state index is -0.458. The Morgan fingerprint density at radius 1 is 1.56 bits per heavy atom. The molecule has 0 spiro atoms. The van der Waals surface area contributed by atoms with Gasteiger partial charge < -0.3 is 20.6 Å². The Balaban J connectivity index is 1.99. The molecule has 1 aliphatic rings. The van der Waals surface area contributed by atoms with Crippen molar-refractivity contribution in [3.63, 3.8) is 0 Å². The van der Waals surface area contributed by atoms with E-state index < -0.39 is 6.10 Å². The summed E-state index contributed by atoms with van der Waals surface area (Å²) in [6.07, 6.45) is 4.72. The Kier molecular flexibility index (Phi) is 3.07. The smallest absolute Gasteiger partial charge is 0.153 e. The monoisotopic (exact) mass is 225 g/mol. The van der Waals surface area contributed by atoms with E-state index in [4.69, 9.17) is 10.9 Å². The number of β-amino-alcohol motifs (C(OH)–C–C–N with tert-alkyl or cyclic N) is 1. The summed E-state index contributed by atoms with van der Waals surface area (Å²) in [6, 6.07) is -0.0195. The van der Waals surface area contributed by atoms with Gasteiger partial charge in [-0.1, -0.05) is 5.16 Å². The van der Waals surface area contributed by atoms with Gasteiger partial charge >= 0.3 is 0 Å². The second kappa shape index (κ2) is 4.50. The largest absolute Gasteiger partial charge is 0.409 e. The zero-order valence-corrected chi connectivity index (χ0v) is 8.77. The maximum atomic E-state index is 9.88. The molecule has 2 rings (SSSR count). The van der Waals surface area contributed by atoms with E-state index >= 15 is 0 Å². The Hall–Kier alpha value is -1.60. The lowest BCUT2D eigenvalue weighted by Gasteiger charge is -2.15. The van der Waals surface area contributed by atoms with Crippen LogP contribution in [0, 0.1) is 0 Å². The molecule has 0 unspecified atom stereocenters. The maximum Gasteiger partial charge on any atom is 0.153 e. The SMILES string of the molecule is NC(CN1C[C@@H](n2ccnc2)[C@@H](O)C1)=NO. The zero-order valence-electron chi connectivity index (χ0n) is 8.77. The van der Waals surface area contributed by atoms with Gasteiger partial charge in [0.15, 0.2) is 5.84 Å². The Morgan fingerprint density at radius 2 is 2.38 bits per heavy atom. The van der Waals surface area contributed by atoms with E-state index in [0.29, 0.717) is 19.6 Å². The van der Waals surface area contributed by atoms with Crippen LogP contribution in [-0.2, 0) is 0 Å². The first kappa shape index (κ1) is 10.9. The van der Waals surface area contributed by atoms with Crippen molar-refractivity contribution in [3.8, 4) is 0 Å². The van der Waals surface area contributed by atoms with Gasteiger partial charge in [-0.3, -0.25) is 4.90 Å². The fraction of sp³-hybridized carbons (Fsp3) is 0.556. The molecule has 1 aromatic heterocycles. The van der Waals surface area contributed by atoms with Crippen LogP contribution in [0.1, 0.15) is 6.04 Å². The number of hydrogen-bond donors (Lipinski definition) is 3. The van der Waals surface area contributed by atoms with Crippen molar-refractivity contribution in [1.82, 2.24) is 14.5 Å². The number of rotatable bonds is 3. The molecule has 7 heteroatoms. The van der Waals surface area contributed by atoms with Gasteiger partial charge in [0.2, 0.25) is 0 Å². The molecule has 0 aliphatic carbocycles. The molecule has 0 radical (unpaired) electrons. The highest BCUT2D eigenvalue weighted by Crippen LogP contribution is 2.21. The summed E-state index contributed by atoms with van der Waals surface area (Å²) in [5.41, 5.74) is 5.42. The molecule has 1 aromatic rings. The molecule has 2 atom stereocenters. The molecule has 16 heavy (non-hydrogen) atoms. The first-order valence-corrected chi connectivity index (χ1v) is 5.05. The molecule has 1 saturated heterocycles. The lowest BCUT2D eigenvalue weighted by Crippen LogP contribution is -2.33. The molecular weight excluding hydrogens is 210 g/mol. The highest BCUT2D eigenvalue weighted by atomic mass is 16.4. The second-order valence-electron chi connectivity index (χ2n) is 3.93. The van der Waals surface area contributed by atoms with Gasteiger partial charge in [-0.2, -0.15) is 0 Å². The standard InChI is InChI=1S/C9H15N5O2/c10-9(12-16)5-13-3-7(8(15)4-13)14-2-1-11-6-14/h1-2,6-8,15-16H,3-5H2,(H2,10,12)/t7-,8+/m1/s1. The summed E-state index contributed by atoms with van der Waals surface area (Å²) in [4.78, 5) is 5.88. The Bertz CT molecular complexity index is 364. The van der Waals surface area contributed by atoms with Crippen LogP contribution in [0.5, 0.6) is 0 Å². The lowest BCUT2D eigenvalue weighted by molar-refractivity contribution is 0.145. The molecule has 0 aromatic carbocycles. The summed E-state index contributed by atoms with van der Waals surface area (Å²) in [7, 11) is 0. The van der Waals surface area contributed by atoms with Crippen LogP contribution in [0.4, 0.5) is 0 Å². The van der Waals surface area contributed by atoms with Crippen molar-refractivity contribution in [2.45, 2.75) is 12.1 Å². The first-order valence-electron chi connectivity index (χ1n) is 5.05. The number of amidine groups is 1. The number of hydrogen-bond acceptors (Lipinski definition) is 5. The van der Waals surface area contributed by atoms with Crippen LogP contribution < -0.4 is 5.73 Å². The molecule has 1 fully saturated rings. The fourth-order valence-electron chi connectivity index (χ4n) is 2.00. The summed E-state index contributed by atoms with van der Waals surface area (Å²) in [5, 5.41) is 21.3. The quantitative estimate of drug-likeness (QED) is 0.261. The third kappa shape index (κ3) is 2.15. The number of aromatic nitrogens is 2. The van der Waals surface area contributed by atoms with E-state index in [0.717, 1.165) is 0 Å². The van der Waals surface area contributed by atoms with E-state index in [-0.39, 0.29) is 11.9 Å². The van der Waals surface area contributed by atoms with Gasteiger partial charge in [-0.15, -0.1) is 0 Å². The number of aliphatic hydroxyl groups is 1. The molecule has 0 bridgehead atoms. The Morgan fingerprint density at radius 3 is 3.00 bits per heavy atom.